The van der Waals surface area contributed by atoms with E-state index in [0.29, 0.717) is 23.2 Å². The molecule has 138 valence electrons. The van der Waals surface area contributed by atoms with Crippen LogP contribution in [0, 0.1) is 23.2 Å². The number of nitrogens with two attached hydrogens (primary N) is 1. The number of nitrogens with one attached hydrogen (secondary N) is 1. The molecule has 0 spiro atoms. The third-order valence-electron chi connectivity index (χ3n) is 5.00. The Morgan fingerprint density at radius 1 is 1.36 bits per heavy atom. The standard InChI is InChI=1S/C18H28N4O2S/c1-13(2)18(22-8-6-14(3)7-9-22)12-21-17-5-4-16(25(20,23)24)10-15(17)11-19/h4-5,10,13-14,18,21H,6-9,12H2,1-3H3,(H2,20,23,24). The zero-order valence-corrected chi connectivity index (χ0v) is 16.0. The molecule has 1 aliphatic rings. The van der Waals surface area contributed by atoms with E-state index in [9.17, 15) is 13.7 Å². The van der Waals surface area contributed by atoms with Crippen LogP contribution in [-0.2, 0) is 10.0 Å². The Morgan fingerprint density at radius 2 is 2.00 bits per heavy atom. The van der Waals surface area contributed by atoms with E-state index in [1.54, 1.807) is 6.07 Å². The lowest BCUT2D eigenvalue weighted by Gasteiger charge is -2.39. The average molecular weight is 365 g/mol. The van der Waals surface area contributed by atoms with E-state index in [2.05, 4.69) is 37.1 Å². The maximum absolute atomic E-state index is 11.4. The third kappa shape index (κ3) is 5.18. The van der Waals surface area contributed by atoms with Gasteiger partial charge in [0.2, 0.25) is 10.0 Å². The van der Waals surface area contributed by atoms with E-state index in [1.807, 2.05) is 0 Å². The Hall–Kier alpha value is -1.62. The van der Waals surface area contributed by atoms with Crippen LogP contribution in [0.4, 0.5) is 5.69 Å². The summed E-state index contributed by atoms with van der Waals surface area (Å²) in [6.07, 6.45) is 2.44. The molecule has 0 radical (unpaired) electrons. The second kappa shape index (κ2) is 8.17. The average Bonchev–Trinajstić information content (AvgIpc) is 2.55. The summed E-state index contributed by atoms with van der Waals surface area (Å²) in [6, 6.07) is 6.80. The maximum atomic E-state index is 11.4. The minimum atomic E-state index is -3.81. The smallest absolute Gasteiger partial charge is 0.238 e. The van der Waals surface area contributed by atoms with Gasteiger partial charge in [0.25, 0.3) is 0 Å². The van der Waals surface area contributed by atoms with Gasteiger partial charge in [-0.05, 0) is 56.0 Å². The van der Waals surface area contributed by atoms with Gasteiger partial charge in [0, 0.05) is 12.6 Å². The summed E-state index contributed by atoms with van der Waals surface area (Å²) < 4.78 is 22.9. The minimum Gasteiger partial charge on any atom is -0.382 e. The highest BCUT2D eigenvalue weighted by Crippen LogP contribution is 2.23. The Balaban J connectivity index is 2.11. The van der Waals surface area contributed by atoms with Crippen LogP contribution in [0.5, 0.6) is 0 Å². The summed E-state index contributed by atoms with van der Waals surface area (Å²) in [7, 11) is -3.81. The summed E-state index contributed by atoms with van der Waals surface area (Å²) >= 11 is 0. The number of nitriles is 1. The number of likely N-dealkylation sites (tertiary alicyclic amines) is 1. The molecule has 7 heteroatoms. The Kier molecular flexibility index (Phi) is 6.44. The molecule has 0 amide bonds. The number of piperidine rings is 1. The number of anilines is 1. The van der Waals surface area contributed by atoms with Gasteiger partial charge in [0.05, 0.1) is 16.1 Å². The zero-order chi connectivity index (χ0) is 18.6. The first kappa shape index (κ1) is 19.7. The Morgan fingerprint density at radius 3 is 2.52 bits per heavy atom. The van der Waals surface area contributed by atoms with Crippen molar-refractivity contribution in [3.05, 3.63) is 23.8 Å². The van der Waals surface area contributed by atoms with Crippen molar-refractivity contribution in [3.63, 3.8) is 0 Å². The molecular formula is C18H28N4O2S. The molecule has 6 nitrogen and oxygen atoms in total. The van der Waals surface area contributed by atoms with Gasteiger partial charge in [-0.3, -0.25) is 4.90 Å². The molecular weight excluding hydrogens is 336 g/mol. The summed E-state index contributed by atoms with van der Waals surface area (Å²) in [5.74, 6) is 1.27. The van der Waals surface area contributed by atoms with Crippen LogP contribution < -0.4 is 10.5 Å². The molecule has 25 heavy (non-hydrogen) atoms. The van der Waals surface area contributed by atoms with E-state index in [0.717, 1.165) is 25.6 Å². The lowest BCUT2D eigenvalue weighted by atomic mass is 9.94. The molecule has 1 atom stereocenters. The largest absolute Gasteiger partial charge is 0.382 e. The molecule has 2 rings (SSSR count). The molecule has 1 heterocycles. The van der Waals surface area contributed by atoms with Gasteiger partial charge in [0.15, 0.2) is 0 Å². The van der Waals surface area contributed by atoms with Crippen LogP contribution in [-0.4, -0.2) is 39.0 Å². The summed E-state index contributed by atoms with van der Waals surface area (Å²) in [5, 5.41) is 17.8. The first-order valence-electron chi connectivity index (χ1n) is 8.77. The number of sulfonamides is 1. The first-order chi connectivity index (χ1) is 11.7. The van der Waals surface area contributed by atoms with Crippen molar-refractivity contribution < 1.29 is 8.42 Å². The van der Waals surface area contributed by atoms with Crippen molar-refractivity contribution in [3.8, 4) is 6.07 Å². The number of nitrogens with zero attached hydrogens (tertiary/aromatic N) is 2. The van der Waals surface area contributed by atoms with Crippen molar-refractivity contribution in [2.75, 3.05) is 25.0 Å². The normalized spacial score (nSPS) is 18.1. The van der Waals surface area contributed by atoms with Crippen LogP contribution in [0.1, 0.15) is 39.2 Å². The molecule has 1 fully saturated rings. The summed E-state index contributed by atoms with van der Waals surface area (Å²) in [6.45, 7) is 9.63. The van der Waals surface area contributed by atoms with Crippen molar-refractivity contribution in [2.24, 2.45) is 17.0 Å². The highest BCUT2D eigenvalue weighted by atomic mass is 32.2. The van der Waals surface area contributed by atoms with Crippen LogP contribution in [0.15, 0.2) is 23.1 Å². The first-order valence-corrected chi connectivity index (χ1v) is 10.3. The third-order valence-corrected chi connectivity index (χ3v) is 5.91. The molecule has 1 saturated heterocycles. The fourth-order valence-corrected chi connectivity index (χ4v) is 3.85. The summed E-state index contributed by atoms with van der Waals surface area (Å²) in [4.78, 5) is 2.47. The second-order valence-electron chi connectivity index (χ2n) is 7.27. The number of benzene rings is 1. The van der Waals surface area contributed by atoms with Crippen molar-refractivity contribution >= 4 is 15.7 Å². The van der Waals surface area contributed by atoms with E-state index in [4.69, 9.17) is 5.14 Å². The van der Waals surface area contributed by atoms with Gasteiger partial charge in [-0.1, -0.05) is 20.8 Å². The predicted molar refractivity (Wildman–Crippen MR) is 99.6 cm³/mol. The Bertz CT molecular complexity index is 732. The van der Waals surface area contributed by atoms with Crippen LogP contribution in [0.3, 0.4) is 0 Å². The monoisotopic (exact) mass is 364 g/mol. The molecule has 0 aliphatic carbocycles. The fraction of sp³-hybridized carbons (Fsp3) is 0.611. The van der Waals surface area contributed by atoms with E-state index < -0.39 is 10.0 Å². The SMILES string of the molecule is CC1CCN(C(CNc2ccc(S(N)(=O)=O)cc2C#N)C(C)C)CC1. The van der Waals surface area contributed by atoms with Crippen molar-refractivity contribution in [1.29, 1.82) is 5.26 Å². The van der Waals surface area contributed by atoms with Crippen LogP contribution >= 0.6 is 0 Å². The topological polar surface area (TPSA) is 99.2 Å². The van der Waals surface area contributed by atoms with Crippen molar-refractivity contribution in [2.45, 2.75) is 44.6 Å². The van der Waals surface area contributed by atoms with Crippen LogP contribution in [0.2, 0.25) is 0 Å². The highest BCUT2D eigenvalue weighted by Gasteiger charge is 2.25. The predicted octanol–water partition coefficient (Wildman–Crippen LogP) is 2.37. The summed E-state index contributed by atoms with van der Waals surface area (Å²) in [5.41, 5.74) is 0.937. The molecule has 0 aromatic heterocycles. The van der Waals surface area contributed by atoms with Crippen LogP contribution in [0.25, 0.3) is 0 Å². The lowest BCUT2D eigenvalue weighted by Crippen LogP contribution is -2.47. The molecule has 1 aromatic rings. The highest BCUT2D eigenvalue weighted by molar-refractivity contribution is 7.89. The minimum absolute atomic E-state index is 0.0416. The van der Waals surface area contributed by atoms with Gasteiger partial charge in [-0.25, -0.2) is 13.6 Å². The fourth-order valence-electron chi connectivity index (χ4n) is 3.31. The van der Waals surface area contributed by atoms with Gasteiger partial charge in [-0.15, -0.1) is 0 Å². The van der Waals surface area contributed by atoms with E-state index in [-0.39, 0.29) is 4.90 Å². The number of primary sulfonamides is 1. The van der Waals surface area contributed by atoms with E-state index in [1.165, 1.54) is 25.0 Å². The molecule has 0 saturated carbocycles. The number of hydrogen-bond acceptors (Lipinski definition) is 5. The Labute approximate surface area is 151 Å². The zero-order valence-electron chi connectivity index (χ0n) is 15.2. The van der Waals surface area contributed by atoms with Gasteiger partial charge < -0.3 is 5.32 Å². The molecule has 1 unspecified atom stereocenters. The molecule has 0 bridgehead atoms. The van der Waals surface area contributed by atoms with Gasteiger partial charge in [0.1, 0.15) is 6.07 Å². The van der Waals surface area contributed by atoms with Gasteiger partial charge in [-0.2, -0.15) is 5.26 Å². The van der Waals surface area contributed by atoms with E-state index >= 15 is 0 Å². The molecule has 3 N–H and O–H groups in total. The quantitative estimate of drug-likeness (QED) is 0.807. The number of hydrogen-bond donors (Lipinski definition) is 2. The molecule has 1 aromatic carbocycles. The van der Waals surface area contributed by atoms with Gasteiger partial charge >= 0.3 is 0 Å². The van der Waals surface area contributed by atoms with Crippen molar-refractivity contribution in [1.82, 2.24) is 4.90 Å². The molecule has 1 aliphatic heterocycles. The second-order valence-corrected chi connectivity index (χ2v) is 8.84. The maximum Gasteiger partial charge on any atom is 0.238 e. The lowest BCUT2D eigenvalue weighted by molar-refractivity contribution is 0.115. The number of rotatable bonds is 6.